The summed E-state index contributed by atoms with van der Waals surface area (Å²) in [6, 6.07) is 11.0. The lowest BCUT2D eigenvalue weighted by Gasteiger charge is -2.19. The average Bonchev–Trinajstić information content (AvgIpc) is 2.52. The van der Waals surface area contributed by atoms with Gasteiger partial charge in [-0.15, -0.1) is 0 Å². The van der Waals surface area contributed by atoms with Crippen LogP contribution in [0.15, 0.2) is 42.5 Å². The number of nitrogens with zero attached hydrogens (tertiary/aromatic N) is 1. The van der Waals surface area contributed by atoms with Crippen molar-refractivity contribution in [1.82, 2.24) is 0 Å². The quantitative estimate of drug-likeness (QED) is 0.646. The lowest BCUT2D eigenvalue weighted by molar-refractivity contribution is -0.136. The molecule has 0 radical (unpaired) electrons. The van der Waals surface area contributed by atoms with E-state index in [0.717, 1.165) is 10.5 Å². The van der Waals surface area contributed by atoms with E-state index in [2.05, 4.69) is 5.32 Å². The number of carbonyl (C=O) groups excluding carboxylic acids is 3. The Morgan fingerprint density at radius 1 is 1.08 bits per heavy atom. The summed E-state index contributed by atoms with van der Waals surface area (Å²) in [5, 5.41) is 2.90. The molecule has 0 heterocycles. The second kappa shape index (κ2) is 7.14. The van der Waals surface area contributed by atoms with Crippen molar-refractivity contribution in [2.75, 3.05) is 16.0 Å². The van der Waals surface area contributed by atoms with E-state index in [1.807, 2.05) is 0 Å². The second-order valence-electron chi connectivity index (χ2n) is 5.16. The Morgan fingerprint density at radius 3 is 2.29 bits per heavy atom. The number of nitrogen functional groups attached to an aromatic ring is 1. The summed E-state index contributed by atoms with van der Waals surface area (Å²) in [7, 11) is 0. The summed E-state index contributed by atoms with van der Waals surface area (Å²) < 4.78 is 0. The van der Waals surface area contributed by atoms with Crippen molar-refractivity contribution in [3.63, 3.8) is 0 Å². The molecule has 6 nitrogen and oxygen atoms in total. The van der Waals surface area contributed by atoms with E-state index in [1.54, 1.807) is 19.1 Å². The number of rotatable bonds is 2. The number of carbonyl (C=O) groups is 3. The topological polar surface area (TPSA) is 92.5 Å². The maximum absolute atomic E-state index is 12.4. The summed E-state index contributed by atoms with van der Waals surface area (Å²) in [6.45, 7) is 2.96. The van der Waals surface area contributed by atoms with Crippen LogP contribution in [0.5, 0.6) is 0 Å². The van der Waals surface area contributed by atoms with E-state index in [0.29, 0.717) is 16.4 Å². The summed E-state index contributed by atoms with van der Waals surface area (Å²) in [6.07, 6.45) is 0. The molecule has 0 saturated heterocycles. The van der Waals surface area contributed by atoms with Gasteiger partial charge in [0.25, 0.3) is 0 Å². The van der Waals surface area contributed by atoms with Crippen molar-refractivity contribution in [2.45, 2.75) is 13.8 Å². The number of imide groups is 1. The van der Waals surface area contributed by atoms with Gasteiger partial charge in [-0.25, -0.2) is 4.90 Å². The van der Waals surface area contributed by atoms with Crippen molar-refractivity contribution >= 4 is 46.4 Å². The molecule has 24 heavy (non-hydrogen) atoms. The van der Waals surface area contributed by atoms with E-state index in [1.165, 1.54) is 37.3 Å². The van der Waals surface area contributed by atoms with Gasteiger partial charge in [0.15, 0.2) is 0 Å². The number of benzene rings is 2. The van der Waals surface area contributed by atoms with Crippen molar-refractivity contribution in [2.24, 2.45) is 0 Å². The minimum Gasteiger partial charge on any atom is -0.399 e. The van der Waals surface area contributed by atoms with Gasteiger partial charge in [-0.2, -0.15) is 0 Å². The maximum Gasteiger partial charge on any atom is 0.323 e. The van der Waals surface area contributed by atoms with Gasteiger partial charge < -0.3 is 11.1 Å². The highest BCUT2D eigenvalue weighted by molar-refractivity contribution is 6.48. The minimum atomic E-state index is -0.994. The number of anilines is 3. The first-order chi connectivity index (χ1) is 11.3. The summed E-state index contributed by atoms with van der Waals surface area (Å²) in [4.78, 5) is 37.2. The molecule has 3 N–H and O–H groups in total. The largest absolute Gasteiger partial charge is 0.399 e. The predicted octanol–water partition coefficient (Wildman–Crippen LogP) is 2.75. The monoisotopic (exact) mass is 345 g/mol. The molecule has 2 aromatic carbocycles. The first-order valence-electron chi connectivity index (χ1n) is 7.07. The molecular weight excluding hydrogens is 330 g/mol. The number of halogens is 1. The molecule has 0 aliphatic carbocycles. The van der Waals surface area contributed by atoms with Crippen molar-refractivity contribution in [1.29, 1.82) is 0 Å². The smallest absolute Gasteiger partial charge is 0.323 e. The molecule has 0 saturated carbocycles. The van der Waals surface area contributed by atoms with Crippen LogP contribution in [0.4, 0.5) is 17.1 Å². The molecule has 3 amide bonds. The summed E-state index contributed by atoms with van der Waals surface area (Å²) >= 11 is 5.89. The molecular formula is C17H16ClN3O3. The van der Waals surface area contributed by atoms with Crippen molar-refractivity contribution in [3.8, 4) is 0 Å². The third kappa shape index (κ3) is 3.91. The number of nitrogens with two attached hydrogens (primary N) is 1. The van der Waals surface area contributed by atoms with E-state index in [-0.39, 0.29) is 5.69 Å². The zero-order valence-corrected chi connectivity index (χ0v) is 13.9. The van der Waals surface area contributed by atoms with Crippen LogP contribution < -0.4 is 16.0 Å². The average molecular weight is 346 g/mol. The van der Waals surface area contributed by atoms with Crippen LogP contribution >= 0.6 is 11.6 Å². The molecule has 0 aliphatic heterocycles. The van der Waals surface area contributed by atoms with Gasteiger partial charge in [-0.05, 0) is 48.9 Å². The molecule has 0 fully saturated rings. The van der Waals surface area contributed by atoms with Crippen LogP contribution in [0.2, 0.25) is 5.02 Å². The first-order valence-corrected chi connectivity index (χ1v) is 7.45. The fourth-order valence-electron chi connectivity index (χ4n) is 2.07. The number of hydrogen-bond donors (Lipinski definition) is 2. The molecule has 0 bridgehead atoms. The highest BCUT2D eigenvalue weighted by Crippen LogP contribution is 2.21. The number of amides is 3. The maximum atomic E-state index is 12.4. The molecule has 0 atom stereocenters. The molecule has 0 aromatic heterocycles. The Morgan fingerprint density at radius 2 is 1.71 bits per heavy atom. The molecule has 0 spiro atoms. The van der Waals surface area contributed by atoms with Crippen LogP contribution in [-0.2, 0) is 14.4 Å². The number of hydrogen-bond acceptors (Lipinski definition) is 4. The molecule has 7 heteroatoms. The predicted molar refractivity (Wildman–Crippen MR) is 93.8 cm³/mol. The highest BCUT2D eigenvalue weighted by atomic mass is 35.5. The van der Waals surface area contributed by atoms with Crippen molar-refractivity contribution in [3.05, 3.63) is 53.1 Å². The summed E-state index contributed by atoms with van der Waals surface area (Å²) in [5.41, 5.74) is 7.48. The van der Waals surface area contributed by atoms with Crippen LogP contribution in [-0.4, -0.2) is 17.7 Å². The SMILES string of the molecule is CC(=O)N(C(=O)C(=O)Nc1cc(Cl)ccc1C)c1ccc(N)cc1. The normalized spacial score (nSPS) is 10.1. The Labute approximate surface area is 144 Å². The van der Waals surface area contributed by atoms with Gasteiger partial charge in [-0.3, -0.25) is 14.4 Å². The Balaban J connectivity index is 2.26. The fourth-order valence-corrected chi connectivity index (χ4v) is 2.24. The van der Waals surface area contributed by atoms with Gasteiger partial charge in [-0.1, -0.05) is 17.7 Å². The summed E-state index contributed by atoms with van der Waals surface area (Å²) in [5.74, 6) is -2.51. The highest BCUT2D eigenvalue weighted by Gasteiger charge is 2.27. The molecule has 2 aromatic rings. The standard InChI is InChI=1S/C17H16ClN3O3/c1-10-3-4-12(18)9-15(10)20-16(23)17(24)21(11(2)22)14-7-5-13(19)6-8-14/h3-9H,19H2,1-2H3,(H,20,23). The first kappa shape index (κ1) is 17.5. The van der Waals surface area contributed by atoms with Crippen LogP contribution in [0.25, 0.3) is 0 Å². The zero-order valence-electron chi connectivity index (χ0n) is 13.2. The third-order valence-electron chi connectivity index (χ3n) is 3.31. The van der Waals surface area contributed by atoms with Gasteiger partial charge in [0, 0.05) is 23.3 Å². The van der Waals surface area contributed by atoms with E-state index >= 15 is 0 Å². The lowest BCUT2D eigenvalue weighted by Crippen LogP contribution is -2.42. The van der Waals surface area contributed by atoms with Crippen LogP contribution in [0, 0.1) is 6.92 Å². The van der Waals surface area contributed by atoms with E-state index in [4.69, 9.17) is 17.3 Å². The fraction of sp³-hybridized carbons (Fsp3) is 0.118. The minimum absolute atomic E-state index is 0.264. The molecule has 0 unspecified atom stereocenters. The van der Waals surface area contributed by atoms with Gasteiger partial charge in [0.05, 0.1) is 5.69 Å². The van der Waals surface area contributed by atoms with E-state index < -0.39 is 17.7 Å². The molecule has 2 rings (SSSR count). The second-order valence-corrected chi connectivity index (χ2v) is 5.60. The lowest BCUT2D eigenvalue weighted by atomic mass is 10.2. The number of aryl methyl sites for hydroxylation is 1. The van der Waals surface area contributed by atoms with Crippen LogP contribution in [0.1, 0.15) is 12.5 Å². The third-order valence-corrected chi connectivity index (χ3v) is 3.55. The Hall–Kier alpha value is -2.86. The van der Waals surface area contributed by atoms with Crippen LogP contribution in [0.3, 0.4) is 0 Å². The Kier molecular flexibility index (Phi) is 5.21. The van der Waals surface area contributed by atoms with Gasteiger partial charge in [0.1, 0.15) is 0 Å². The molecule has 124 valence electrons. The van der Waals surface area contributed by atoms with E-state index in [9.17, 15) is 14.4 Å². The molecule has 0 aliphatic rings. The zero-order chi connectivity index (χ0) is 17.9. The number of nitrogens with one attached hydrogen (secondary N) is 1. The Bertz CT molecular complexity index is 803. The van der Waals surface area contributed by atoms with Gasteiger partial charge >= 0.3 is 11.8 Å². The van der Waals surface area contributed by atoms with Crippen molar-refractivity contribution < 1.29 is 14.4 Å². The van der Waals surface area contributed by atoms with Gasteiger partial charge in [0.2, 0.25) is 5.91 Å².